The Bertz CT molecular complexity index is 697. The van der Waals surface area contributed by atoms with Crippen molar-refractivity contribution in [3.8, 4) is 11.3 Å². The Morgan fingerprint density at radius 1 is 1.24 bits per heavy atom. The van der Waals surface area contributed by atoms with Crippen molar-refractivity contribution >= 4 is 5.91 Å². The summed E-state index contributed by atoms with van der Waals surface area (Å²) in [6, 6.07) is 10.3. The lowest BCUT2D eigenvalue weighted by molar-refractivity contribution is -0.133. The maximum atomic E-state index is 12.5. The van der Waals surface area contributed by atoms with Crippen LogP contribution in [0.3, 0.4) is 0 Å². The fraction of sp³-hybridized carbons (Fsp3) is 0.474. The minimum Gasteiger partial charge on any atom is -0.348 e. The minimum atomic E-state index is 0.00887. The molecule has 1 N–H and O–H groups in total. The summed E-state index contributed by atoms with van der Waals surface area (Å²) in [4.78, 5) is 18.8. The number of likely N-dealkylation sites (N-methyl/N-ethyl adjacent to an activating group) is 1. The van der Waals surface area contributed by atoms with Crippen molar-refractivity contribution in [3.63, 3.8) is 0 Å². The summed E-state index contributed by atoms with van der Waals surface area (Å²) in [5.41, 5.74) is 3.38. The summed E-state index contributed by atoms with van der Waals surface area (Å²) in [6.45, 7) is 4.31. The van der Waals surface area contributed by atoms with E-state index in [2.05, 4.69) is 39.2 Å². The lowest BCUT2D eigenvalue weighted by Crippen LogP contribution is -2.40. The molecule has 0 radical (unpaired) electrons. The molecule has 1 saturated heterocycles. The van der Waals surface area contributed by atoms with Gasteiger partial charge in [-0.05, 0) is 12.6 Å². The normalized spacial score (nSPS) is 19.6. The van der Waals surface area contributed by atoms with Gasteiger partial charge in [-0.2, -0.15) is 5.10 Å². The third-order valence-electron chi connectivity index (χ3n) is 4.77. The highest BCUT2D eigenvalue weighted by atomic mass is 16.2. The molecule has 1 aliphatic heterocycles. The topological polar surface area (TPSA) is 55.5 Å². The monoisotopic (exact) mass is 341 g/mol. The SMILES string of the molecule is CN1CCN(Cc2cn[nH]c2-c2ccccc2)CC(C(=O)N(C)C)C1. The number of nitrogens with zero attached hydrogens (tertiary/aromatic N) is 4. The first-order valence-electron chi connectivity index (χ1n) is 8.74. The van der Waals surface area contributed by atoms with Crippen molar-refractivity contribution in [1.29, 1.82) is 0 Å². The van der Waals surface area contributed by atoms with Crippen LogP contribution in [0.2, 0.25) is 0 Å². The van der Waals surface area contributed by atoms with E-state index in [4.69, 9.17) is 0 Å². The number of carbonyl (C=O) groups excluding carboxylic acids is 1. The van der Waals surface area contributed by atoms with Crippen LogP contribution in [0.4, 0.5) is 0 Å². The second-order valence-corrected chi connectivity index (χ2v) is 7.06. The molecule has 1 aromatic carbocycles. The quantitative estimate of drug-likeness (QED) is 0.916. The summed E-state index contributed by atoms with van der Waals surface area (Å²) in [7, 11) is 5.76. The Labute approximate surface area is 149 Å². The smallest absolute Gasteiger partial charge is 0.227 e. The zero-order valence-corrected chi connectivity index (χ0v) is 15.3. The summed E-state index contributed by atoms with van der Waals surface area (Å²) in [5, 5.41) is 7.37. The molecule has 0 spiro atoms. The highest BCUT2D eigenvalue weighted by Crippen LogP contribution is 2.23. The maximum absolute atomic E-state index is 12.5. The van der Waals surface area contributed by atoms with Crippen molar-refractivity contribution in [1.82, 2.24) is 24.9 Å². The lowest BCUT2D eigenvalue weighted by atomic mass is 10.1. The van der Waals surface area contributed by atoms with Crippen molar-refractivity contribution in [3.05, 3.63) is 42.1 Å². The van der Waals surface area contributed by atoms with Crippen LogP contribution in [0.1, 0.15) is 5.56 Å². The molecule has 1 amide bonds. The molecule has 1 aliphatic rings. The van der Waals surface area contributed by atoms with E-state index in [-0.39, 0.29) is 11.8 Å². The van der Waals surface area contributed by atoms with Crippen LogP contribution in [-0.4, -0.2) is 78.1 Å². The van der Waals surface area contributed by atoms with Crippen LogP contribution in [0.5, 0.6) is 0 Å². The standard InChI is InChI=1S/C19H27N5O/c1-22(2)19(25)17-12-23(3)9-10-24(14-17)13-16-11-20-21-18(16)15-7-5-4-6-8-15/h4-8,11,17H,9-10,12-14H2,1-3H3,(H,20,21). The van der Waals surface area contributed by atoms with Gasteiger partial charge in [0.05, 0.1) is 17.8 Å². The highest BCUT2D eigenvalue weighted by molar-refractivity contribution is 5.78. The van der Waals surface area contributed by atoms with E-state index in [0.29, 0.717) is 0 Å². The fourth-order valence-corrected chi connectivity index (χ4v) is 3.43. The second kappa shape index (κ2) is 7.80. The van der Waals surface area contributed by atoms with Crippen LogP contribution in [0.25, 0.3) is 11.3 Å². The molecule has 2 heterocycles. The molecule has 1 fully saturated rings. The van der Waals surface area contributed by atoms with Crippen molar-refractivity contribution in [2.24, 2.45) is 5.92 Å². The van der Waals surface area contributed by atoms with Crippen LogP contribution in [0.15, 0.2) is 36.5 Å². The van der Waals surface area contributed by atoms with Gasteiger partial charge < -0.3 is 9.80 Å². The number of carbonyl (C=O) groups is 1. The Balaban J connectivity index is 1.76. The number of hydrogen-bond donors (Lipinski definition) is 1. The van der Waals surface area contributed by atoms with Crippen LogP contribution < -0.4 is 0 Å². The Morgan fingerprint density at radius 2 is 2.00 bits per heavy atom. The molecule has 6 heteroatoms. The van der Waals surface area contributed by atoms with Gasteiger partial charge >= 0.3 is 0 Å². The van der Waals surface area contributed by atoms with E-state index in [1.165, 1.54) is 5.56 Å². The summed E-state index contributed by atoms with van der Waals surface area (Å²) >= 11 is 0. The number of benzene rings is 1. The fourth-order valence-electron chi connectivity index (χ4n) is 3.43. The molecule has 6 nitrogen and oxygen atoms in total. The van der Waals surface area contributed by atoms with E-state index in [1.54, 1.807) is 4.90 Å². The van der Waals surface area contributed by atoms with Gasteiger partial charge in [-0.15, -0.1) is 0 Å². The maximum Gasteiger partial charge on any atom is 0.227 e. The molecular weight excluding hydrogens is 314 g/mol. The number of aromatic nitrogens is 2. The van der Waals surface area contributed by atoms with Crippen molar-refractivity contribution in [2.75, 3.05) is 47.3 Å². The molecule has 1 unspecified atom stereocenters. The largest absolute Gasteiger partial charge is 0.348 e. The number of H-pyrrole nitrogens is 1. The second-order valence-electron chi connectivity index (χ2n) is 7.06. The molecule has 0 bridgehead atoms. The summed E-state index contributed by atoms with van der Waals surface area (Å²) in [6.07, 6.45) is 1.90. The van der Waals surface area contributed by atoms with Crippen LogP contribution >= 0.6 is 0 Å². The Hall–Kier alpha value is -2.18. The highest BCUT2D eigenvalue weighted by Gasteiger charge is 2.28. The van der Waals surface area contributed by atoms with Gasteiger partial charge in [-0.1, -0.05) is 30.3 Å². The number of aromatic amines is 1. The van der Waals surface area contributed by atoms with Gasteiger partial charge in [-0.25, -0.2) is 0 Å². The minimum absolute atomic E-state index is 0.00887. The third kappa shape index (κ3) is 4.27. The molecule has 1 atom stereocenters. The van der Waals surface area contributed by atoms with E-state index in [9.17, 15) is 4.79 Å². The van der Waals surface area contributed by atoms with Crippen molar-refractivity contribution in [2.45, 2.75) is 6.54 Å². The van der Waals surface area contributed by atoms with Gasteiger partial charge in [0.2, 0.25) is 5.91 Å². The average Bonchev–Trinajstić information content (AvgIpc) is 2.98. The first-order valence-corrected chi connectivity index (χ1v) is 8.74. The van der Waals surface area contributed by atoms with Crippen molar-refractivity contribution < 1.29 is 4.79 Å². The Morgan fingerprint density at radius 3 is 2.72 bits per heavy atom. The van der Waals surface area contributed by atoms with E-state index >= 15 is 0 Å². The number of nitrogens with one attached hydrogen (secondary N) is 1. The van der Waals surface area contributed by atoms with Gasteiger partial charge in [0.1, 0.15) is 0 Å². The molecule has 0 aliphatic carbocycles. The molecule has 25 heavy (non-hydrogen) atoms. The first kappa shape index (κ1) is 17.6. The number of hydrogen-bond acceptors (Lipinski definition) is 4. The lowest BCUT2D eigenvalue weighted by Gasteiger charge is -2.25. The molecular formula is C19H27N5O. The number of amides is 1. The summed E-state index contributed by atoms with van der Waals surface area (Å²) in [5.74, 6) is 0.212. The Kier molecular flexibility index (Phi) is 5.50. The van der Waals surface area contributed by atoms with Crippen LogP contribution in [-0.2, 0) is 11.3 Å². The number of rotatable bonds is 4. The van der Waals surface area contributed by atoms with E-state index < -0.39 is 0 Å². The summed E-state index contributed by atoms with van der Waals surface area (Å²) < 4.78 is 0. The zero-order valence-electron chi connectivity index (χ0n) is 15.3. The van der Waals surface area contributed by atoms with Gasteiger partial charge in [0, 0.05) is 52.4 Å². The van der Waals surface area contributed by atoms with Gasteiger partial charge in [-0.3, -0.25) is 14.8 Å². The van der Waals surface area contributed by atoms with E-state index in [0.717, 1.165) is 44.0 Å². The van der Waals surface area contributed by atoms with Gasteiger partial charge in [0.25, 0.3) is 0 Å². The molecule has 134 valence electrons. The van der Waals surface area contributed by atoms with E-state index in [1.807, 2.05) is 38.5 Å². The third-order valence-corrected chi connectivity index (χ3v) is 4.77. The first-order chi connectivity index (χ1) is 12.0. The van der Waals surface area contributed by atoms with Gasteiger partial charge in [0.15, 0.2) is 0 Å². The molecule has 3 rings (SSSR count). The molecule has 1 aromatic heterocycles. The average molecular weight is 341 g/mol. The zero-order chi connectivity index (χ0) is 17.8. The predicted octanol–water partition coefficient (Wildman–Crippen LogP) is 1.53. The molecule has 0 saturated carbocycles. The molecule has 2 aromatic rings. The predicted molar refractivity (Wildman–Crippen MR) is 99.0 cm³/mol. The van der Waals surface area contributed by atoms with Crippen LogP contribution in [0, 0.1) is 5.92 Å².